The fraction of sp³-hybridized carbons (Fsp3) is 0.682. The summed E-state index contributed by atoms with van der Waals surface area (Å²) in [4.78, 5) is 14.2. The van der Waals surface area contributed by atoms with Crippen LogP contribution in [0.3, 0.4) is 0 Å². The van der Waals surface area contributed by atoms with Crippen LogP contribution in [0.15, 0.2) is 18.2 Å². The molecule has 2 rings (SSSR count). The number of ether oxygens (including phenoxy) is 1. The summed E-state index contributed by atoms with van der Waals surface area (Å²) in [6.45, 7) is 21.9. The van der Waals surface area contributed by atoms with E-state index in [0.29, 0.717) is 5.56 Å². The molecule has 1 fully saturated rings. The molecular formula is C22H40BNO4. The Kier molecular flexibility index (Phi) is 10.8. The first kappa shape index (κ1) is 26.5. The van der Waals surface area contributed by atoms with Crippen LogP contribution in [-0.2, 0) is 14.0 Å². The molecule has 0 radical (unpaired) electrons. The first-order valence-corrected chi connectivity index (χ1v) is 10.5. The molecule has 5 nitrogen and oxygen atoms in total. The van der Waals surface area contributed by atoms with Crippen molar-refractivity contribution in [3.05, 3.63) is 23.8 Å². The molecule has 0 amide bonds. The Labute approximate surface area is 172 Å². The molecule has 1 heterocycles. The second kappa shape index (κ2) is 11.5. The van der Waals surface area contributed by atoms with Crippen molar-refractivity contribution in [2.75, 3.05) is 25.1 Å². The Morgan fingerprint density at radius 2 is 1.43 bits per heavy atom. The van der Waals surface area contributed by atoms with Crippen molar-refractivity contribution in [1.29, 1.82) is 0 Å². The lowest BCUT2D eigenvalue weighted by Gasteiger charge is -2.32. The van der Waals surface area contributed by atoms with Gasteiger partial charge in [-0.15, -0.1) is 0 Å². The number of methoxy groups -OCH3 is 1. The molecule has 1 aliphatic rings. The molecular weight excluding hydrogens is 353 g/mol. The van der Waals surface area contributed by atoms with Gasteiger partial charge in [-0.3, -0.25) is 0 Å². The highest BCUT2D eigenvalue weighted by atomic mass is 16.7. The minimum atomic E-state index is -0.506. The third-order valence-corrected chi connectivity index (χ3v) is 5.02. The lowest BCUT2D eigenvalue weighted by atomic mass is 9.78. The van der Waals surface area contributed by atoms with E-state index in [2.05, 4.69) is 18.7 Å². The average Bonchev–Trinajstić information content (AvgIpc) is 2.92. The standard InChI is InChI=1S/C18H28BNO4.2C2H6/c1-8-20(9-2)15-11-13(16(21)22-7)10-14(12-15)19-23-17(3,4)18(5,6)24-19;2*1-2/h10-12H,8-9H2,1-7H3;2*1-2H3. The van der Waals surface area contributed by atoms with Gasteiger partial charge in [-0.05, 0) is 65.2 Å². The quantitative estimate of drug-likeness (QED) is 0.537. The Hall–Kier alpha value is -1.53. The number of benzene rings is 1. The zero-order valence-corrected chi connectivity index (χ0v) is 19.8. The van der Waals surface area contributed by atoms with Crippen molar-refractivity contribution in [3.63, 3.8) is 0 Å². The Morgan fingerprint density at radius 3 is 1.82 bits per heavy atom. The highest BCUT2D eigenvalue weighted by molar-refractivity contribution is 6.62. The molecule has 28 heavy (non-hydrogen) atoms. The largest absolute Gasteiger partial charge is 0.494 e. The summed E-state index contributed by atoms with van der Waals surface area (Å²) in [5.74, 6) is -0.359. The minimum Gasteiger partial charge on any atom is -0.465 e. The number of carbonyl (C=O) groups excluding carboxylic acids is 1. The molecule has 0 saturated carbocycles. The van der Waals surface area contributed by atoms with Gasteiger partial charge in [0.1, 0.15) is 0 Å². The second-order valence-corrected chi connectivity index (χ2v) is 7.07. The first-order valence-electron chi connectivity index (χ1n) is 10.5. The molecule has 0 N–H and O–H groups in total. The maximum atomic E-state index is 12.1. The Bertz CT molecular complexity index is 597. The molecule has 1 aromatic rings. The third kappa shape index (κ3) is 5.98. The molecule has 0 spiro atoms. The van der Waals surface area contributed by atoms with Crippen LogP contribution in [0.2, 0.25) is 0 Å². The van der Waals surface area contributed by atoms with Gasteiger partial charge in [-0.1, -0.05) is 27.7 Å². The van der Waals surface area contributed by atoms with Crippen molar-refractivity contribution in [2.24, 2.45) is 0 Å². The molecule has 0 atom stereocenters. The van der Waals surface area contributed by atoms with Crippen LogP contribution in [0, 0.1) is 0 Å². The molecule has 0 unspecified atom stereocenters. The van der Waals surface area contributed by atoms with Crippen LogP contribution in [0.5, 0.6) is 0 Å². The van der Waals surface area contributed by atoms with Crippen LogP contribution >= 0.6 is 0 Å². The van der Waals surface area contributed by atoms with Crippen LogP contribution in [0.1, 0.15) is 79.6 Å². The van der Waals surface area contributed by atoms with Crippen LogP contribution in [0.4, 0.5) is 5.69 Å². The monoisotopic (exact) mass is 393 g/mol. The SMILES string of the molecule is CC.CC.CCN(CC)c1cc(B2OC(C)(C)C(C)(C)O2)cc(C(=O)OC)c1. The molecule has 0 bridgehead atoms. The maximum absolute atomic E-state index is 12.1. The zero-order chi connectivity index (χ0) is 22.1. The second-order valence-electron chi connectivity index (χ2n) is 7.07. The number of carbonyl (C=O) groups is 1. The summed E-state index contributed by atoms with van der Waals surface area (Å²) in [6.07, 6.45) is 0. The van der Waals surface area contributed by atoms with Crippen LogP contribution in [-0.4, -0.2) is 44.5 Å². The summed E-state index contributed by atoms with van der Waals surface area (Å²) < 4.78 is 17.2. The zero-order valence-electron chi connectivity index (χ0n) is 19.8. The summed E-state index contributed by atoms with van der Waals surface area (Å²) in [5.41, 5.74) is 1.46. The number of esters is 1. The van der Waals surface area contributed by atoms with E-state index in [4.69, 9.17) is 14.0 Å². The van der Waals surface area contributed by atoms with E-state index in [1.807, 2.05) is 67.5 Å². The van der Waals surface area contributed by atoms with E-state index >= 15 is 0 Å². The van der Waals surface area contributed by atoms with Gasteiger partial charge >= 0.3 is 13.1 Å². The summed E-state index contributed by atoms with van der Waals surface area (Å²) in [6, 6.07) is 5.68. The lowest BCUT2D eigenvalue weighted by molar-refractivity contribution is 0.00578. The van der Waals surface area contributed by atoms with E-state index in [9.17, 15) is 4.79 Å². The molecule has 1 saturated heterocycles. The molecule has 1 aliphatic heterocycles. The van der Waals surface area contributed by atoms with Crippen molar-refractivity contribution in [1.82, 2.24) is 0 Å². The van der Waals surface area contributed by atoms with E-state index < -0.39 is 18.3 Å². The normalized spacial score (nSPS) is 16.3. The highest BCUT2D eigenvalue weighted by Gasteiger charge is 2.51. The van der Waals surface area contributed by atoms with Crippen LogP contribution < -0.4 is 10.4 Å². The third-order valence-electron chi connectivity index (χ3n) is 5.02. The smallest absolute Gasteiger partial charge is 0.465 e. The number of hydrogen-bond acceptors (Lipinski definition) is 5. The number of nitrogens with zero attached hydrogens (tertiary/aromatic N) is 1. The summed E-state index contributed by atoms with van der Waals surface area (Å²) >= 11 is 0. The molecule has 0 aromatic heterocycles. The average molecular weight is 393 g/mol. The van der Waals surface area contributed by atoms with Gasteiger partial charge in [0.15, 0.2) is 0 Å². The van der Waals surface area contributed by atoms with E-state index in [1.165, 1.54) is 7.11 Å². The topological polar surface area (TPSA) is 48.0 Å². The van der Waals surface area contributed by atoms with Crippen molar-refractivity contribution < 1.29 is 18.8 Å². The first-order chi connectivity index (χ1) is 13.1. The molecule has 1 aromatic carbocycles. The Morgan fingerprint density at radius 1 is 0.964 bits per heavy atom. The highest BCUT2D eigenvalue weighted by Crippen LogP contribution is 2.36. The van der Waals surface area contributed by atoms with Crippen molar-refractivity contribution in [3.8, 4) is 0 Å². The van der Waals surface area contributed by atoms with Crippen LogP contribution in [0.25, 0.3) is 0 Å². The summed E-state index contributed by atoms with van der Waals surface area (Å²) in [7, 11) is 0.884. The predicted octanol–water partition coefficient (Wildman–Crippen LogP) is 4.67. The molecule has 6 heteroatoms. The molecule has 0 aliphatic carbocycles. The number of rotatable bonds is 5. The van der Waals surface area contributed by atoms with E-state index in [0.717, 1.165) is 24.2 Å². The predicted molar refractivity (Wildman–Crippen MR) is 120 cm³/mol. The van der Waals surface area contributed by atoms with Gasteiger partial charge in [-0.25, -0.2) is 4.79 Å². The number of anilines is 1. The Balaban J connectivity index is 0.00000171. The van der Waals surface area contributed by atoms with Gasteiger partial charge in [0, 0.05) is 18.8 Å². The van der Waals surface area contributed by atoms with Gasteiger partial charge < -0.3 is 18.9 Å². The maximum Gasteiger partial charge on any atom is 0.494 e. The summed E-state index contributed by atoms with van der Waals surface area (Å²) in [5, 5.41) is 0. The van der Waals surface area contributed by atoms with Gasteiger partial charge in [0.2, 0.25) is 0 Å². The van der Waals surface area contributed by atoms with Gasteiger partial charge in [-0.2, -0.15) is 0 Å². The fourth-order valence-corrected chi connectivity index (χ4v) is 2.76. The van der Waals surface area contributed by atoms with Gasteiger partial charge in [0.25, 0.3) is 0 Å². The van der Waals surface area contributed by atoms with E-state index in [1.54, 1.807) is 6.07 Å². The molecule has 160 valence electrons. The fourth-order valence-electron chi connectivity index (χ4n) is 2.76. The van der Waals surface area contributed by atoms with Crippen molar-refractivity contribution >= 4 is 24.2 Å². The van der Waals surface area contributed by atoms with Crippen molar-refractivity contribution in [2.45, 2.75) is 80.4 Å². The van der Waals surface area contributed by atoms with E-state index in [-0.39, 0.29) is 5.97 Å². The number of hydrogen-bond donors (Lipinski definition) is 0. The van der Waals surface area contributed by atoms with Gasteiger partial charge in [0.05, 0.1) is 23.9 Å². The minimum absolute atomic E-state index is 0.359. The lowest BCUT2D eigenvalue weighted by Crippen LogP contribution is -2.41.